The van der Waals surface area contributed by atoms with Crippen LogP contribution in [0.5, 0.6) is 0 Å². The molecule has 0 atom stereocenters. The van der Waals surface area contributed by atoms with Gasteiger partial charge >= 0.3 is 0 Å². The molecule has 7 nitrogen and oxygen atoms in total. The monoisotopic (exact) mass is 336 g/mol. The molecule has 0 saturated heterocycles. The number of hydrogen-bond acceptors (Lipinski definition) is 5. The van der Waals surface area contributed by atoms with Gasteiger partial charge in [-0.1, -0.05) is 39.0 Å². The fourth-order valence-electron chi connectivity index (χ4n) is 2.35. The molecule has 3 aromatic rings. The first-order chi connectivity index (χ1) is 11.9. The zero-order chi connectivity index (χ0) is 17.9. The Balaban J connectivity index is 1.77. The quantitative estimate of drug-likeness (QED) is 0.791. The van der Waals surface area contributed by atoms with Crippen molar-refractivity contribution < 1.29 is 4.79 Å². The number of anilines is 1. The fraction of sp³-hybridized carbons (Fsp3) is 0.278. The largest absolute Gasteiger partial charge is 0.305 e. The minimum Gasteiger partial charge on any atom is -0.305 e. The molecule has 25 heavy (non-hydrogen) atoms. The van der Waals surface area contributed by atoms with E-state index in [0.29, 0.717) is 17.9 Å². The summed E-state index contributed by atoms with van der Waals surface area (Å²) < 4.78 is 1.67. The molecule has 0 bridgehead atoms. The molecule has 0 fully saturated rings. The van der Waals surface area contributed by atoms with Crippen LogP contribution in [0.2, 0.25) is 0 Å². The Morgan fingerprint density at radius 1 is 1.12 bits per heavy atom. The van der Waals surface area contributed by atoms with E-state index in [1.165, 1.54) is 6.33 Å². The molecule has 0 aliphatic rings. The molecule has 2 heterocycles. The van der Waals surface area contributed by atoms with Crippen LogP contribution in [-0.2, 0) is 12.0 Å². The van der Waals surface area contributed by atoms with Crippen molar-refractivity contribution in [1.29, 1.82) is 0 Å². The van der Waals surface area contributed by atoms with E-state index in [2.05, 4.69) is 46.4 Å². The summed E-state index contributed by atoms with van der Waals surface area (Å²) in [6.07, 6.45) is 3.08. The van der Waals surface area contributed by atoms with Gasteiger partial charge in [0.1, 0.15) is 12.7 Å². The van der Waals surface area contributed by atoms with Crippen molar-refractivity contribution >= 4 is 11.7 Å². The van der Waals surface area contributed by atoms with Gasteiger partial charge < -0.3 is 5.32 Å². The van der Waals surface area contributed by atoms with Gasteiger partial charge in [0.25, 0.3) is 5.91 Å². The second-order valence-corrected chi connectivity index (χ2v) is 6.76. The molecule has 1 aromatic carbocycles. The van der Waals surface area contributed by atoms with Gasteiger partial charge in [0, 0.05) is 11.0 Å². The first-order valence-electron chi connectivity index (χ1n) is 7.99. The van der Waals surface area contributed by atoms with Crippen LogP contribution < -0.4 is 5.32 Å². The Labute approximate surface area is 146 Å². The highest BCUT2D eigenvalue weighted by molar-refractivity contribution is 6.04. The Kier molecular flexibility index (Phi) is 4.56. The lowest BCUT2D eigenvalue weighted by atomic mass is 9.92. The third kappa shape index (κ3) is 4.06. The number of rotatable bonds is 4. The van der Waals surface area contributed by atoms with E-state index in [1.54, 1.807) is 23.1 Å². The second kappa shape index (κ2) is 6.80. The molecule has 0 aliphatic heterocycles. The van der Waals surface area contributed by atoms with Crippen LogP contribution >= 0.6 is 0 Å². The maximum atomic E-state index is 12.6. The van der Waals surface area contributed by atoms with Crippen molar-refractivity contribution in [1.82, 2.24) is 25.0 Å². The van der Waals surface area contributed by atoms with Crippen molar-refractivity contribution in [2.45, 2.75) is 32.7 Å². The molecule has 1 N–H and O–H groups in total. The Bertz CT molecular complexity index is 850. The van der Waals surface area contributed by atoms with Crippen LogP contribution in [0, 0.1) is 0 Å². The Hall–Kier alpha value is -3.09. The predicted molar refractivity (Wildman–Crippen MR) is 94.3 cm³/mol. The van der Waals surface area contributed by atoms with E-state index < -0.39 is 0 Å². The summed E-state index contributed by atoms with van der Waals surface area (Å²) in [6.45, 7) is 6.67. The standard InChI is InChI=1S/C18H20N6O/c1-18(2,3)15-8-9-16(23-22-15)21-17(25)14-7-5-4-6-13(14)10-24-12-19-11-20-24/h4-9,11-12H,10H2,1-3H3,(H,21,23,25). The van der Waals surface area contributed by atoms with Crippen molar-refractivity contribution in [3.63, 3.8) is 0 Å². The van der Waals surface area contributed by atoms with Gasteiger partial charge in [0.05, 0.1) is 12.2 Å². The van der Waals surface area contributed by atoms with Crippen molar-refractivity contribution in [3.8, 4) is 0 Å². The van der Waals surface area contributed by atoms with E-state index in [1.807, 2.05) is 24.3 Å². The predicted octanol–water partition coefficient (Wildman–Crippen LogP) is 2.67. The van der Waals surface area contributed by atoms with Crippen LogP contribution in [0.4, 0.5) is 5.82 Å². The first-order valence-corrected chi connectivity index (χ1v) is 7.99. The second-order valence-electron chi connectivity index (χ2n) is 6.76. The number of carbonyl (C=O) groups excluding carboxylic acids is 1. The zero-order valence-electron chi connectivity index (χ0n) is 14.5. The highest BCUT2D eigenvalue weighted by Gasteiger charge is 2.17. The van der Waals surface area contributed by atoms with Crippen molar-refractivity contribution in [2.75, 3.05) is 5.32 Å². The lowest BCUT2D eigenvalue weighted by molar-refractivity contribution is 0.102. The van der Waals surface area contributed by atoms with E-state index >= 15 is 0 Å². The van der Waals surface area contributed by atoms with Gasteiger partial charge in [-0.15, -0.1) is 5.10 Å². The molecule has 2 aromatic heterocycles. The summed E-state index contributed by atoms with van der Waals surface area (Å²) >= 11 is 0. The van der Waals surface area contributed by atoms with Crippen LogP contribution in [0.25, 0.3) is 0 Å². The van der Waals surface area contributed by atoms with Gasteiger partial charge in [-0.05, 0) is 23.8 Å². The smallest absolute Gasteiger partial charge is 0.257 e. The summed E-state index contributed by atoms with van der Waals surface area (Å²) in [7, 11) is 0. The maximum absolute atomic E-state index is 12.6. The lowest BCUT2D eigenvalue weighted by Gasteiger charge is -2.16. The summed E-state index contributed by atoms with van der Waals surface area (Å²) in [5, 5.41) is 15.2. The zero-order valence-corrected chi connectivity index (χ0v) is 14.5. The molecule has 0 spiro atoms. The average Bonchev–Trinajstić information content (AvgIpc) is 3.08. The first kappa shape index (κ1) is 16.8. The molecule has 1 amide bonds. The molecule has 0 radical (unpaired) electrons. The normalized spacial score (nSPS) is 11.3. The van der Waals surface area contributed by atoms with E-state index in [9.17, 15) is 4.79 Å². The fourth-order valence-corrected chi connectivity index (χ4v) is 2.35. The number of benzene rings is 1. The van der Waals surface area contributed by atoms with Gasteiger partial charge in [0.2, 0.25) is 0 Å². The topological polar surface area (TPSA) is 85.6 Å². The van der Waals surface area contributed by atoms with E-state index in [0.717, 1.165) is 11.3 Å². The highest BCUT2D eigenvalue weighted by Crippen LogP contribution is 2.20. The van der Waals surface area contributed by atoms with Gasteiger partial charge in [-0.25, -0.2) is 9.67 Å². The molecule has 0 saturated carbocycles. The van der Waals surface area contributed by atoms with E-state index in [4.69, 9.17) is 0 Å². The van der Waals surface area contributed by atoms with Gasteiger partial charge in [-0.2, -0.15) is 10.2 Å². The minimum atomic E-state index is -0.228. The molecule has 3 rings (SSSR count). The number of hydrogen-bond donors (Lipinski definition) is 1. The number of nitrogens with one attached hydrogen (secondary N) is 1. The third-order valence-corrected chi connectivity index (χ3v) is 3.74. The molecule has 0 aliphatic carbocycles. The summed E-state index contributed by atoms with van der Waals surface area (Å²) in [6, 6.07) is 11.0. The maximum Gasteiger partial charge on any atom is 0.257 e. The van der Waals surface area contributed by atoms with Crippen LogP contribution in [-0.4, -0.2) is 30.9 Å². The van der Waals surface area contributed by atoms with Crippen LogP contribution in [0.3, 0.4) is 0 Å². The highest BCUT2D eigenvalue weighted by atomic mass is 16.1. The molecular weight excluding hydrogens is 316 g/mol. The van der Waals surface area contributed by atoms with E-state index in [-0.39, 0.29) is 11.3 Å². The lowest BCUT2D eigenvalue weighted by Crippen LogP contribution is -2.18. The molecule has 0 unspecified atom stereocenters. The SMILES string of the molecule is CC(C)(C)c1ccc(NC(=O)c2ccccc2Cn2cncn2)nn1. The summed E-state index contributed by atoms with van der Waals surface area (Å²) in [4.78, 5) is 16.5. The van der Waals surface area contributed by atoms with Crippen LogP contribution in [0.15, 0.2) is 49.1 Å². The minimum absolute atomic E-state index is 0.0834. The number of amides is 1. The van der Waals surface area contributed by atoms with Crippen LogP contribution in [0.1, 0.15) is 42.4 Å². The van der Waals surface area contributed by atoms with Crippen molar-refractivity contribution in [3.05, 3.63) is 65.9 Å². The Morgan fingerprint density at radius 3 is 2.56 bits per heavy atom. The molecule has 128 valence electrons. The van der Waals surface area contributed by atoms with Gasteiger partial charge in [0.15, 0.2) is 5.82 Å². The summed E-state index contributed by atoms with van der Waals surface area (Å²) in [5.74, 6) is 0.196. The average molecular weight is 336 g/mol. The molecule has 7 heteroatoms. The number of aromatic nitrogens is 5. The molecular formula is C18H20N6O. The van der Waals surface area contributed by atoms with Crippen molar-refractivity contribution in [2.24, 2.45) is 0 Å². The Morgan fingerprint density at radius 2 is 1.92 bits per heavy atom. The summed E-state index contributed by atoms with van der Waals surface area (Å²) in [5.41, 5.74) is 2.21. The number of carbonyl (C=O) groups is 1. The third-order valence-electron chi connectivity index (χ3n) is 3.74. The van der Waals surface area contributed by atoms with Gasteiger partial charge in [-0.3, -0.25) is 4.79 Å². The number of nitrogens with zero attached hydrogens (tertiary/aromatic N) is 5.